The fourth-order valence-electron chi connectivity index (χ4n) is 1.60. The Labute approximate surface area is 127 Å². The molecule has 1 amide bonds. The van der Waals surface area contributed by atoms with Crippen LogP contribution in [0.4, 0.5) is 5.82 Å². The Balaban J connectivity index is 2.11. The highest BCUT2D eigenvalue weighted by Crippen LogP contribution is 2.12. The Morgan fingerprint density at radius 3 is 2.86 bits per heavy atom. The van der Waals surface area contributed by atoms with Crippen molar-refractivity contribution in [3.8, 4) is 11.8 Å². The van der Waals surface area contributed by atoms with E-state index in [2.05, 4.69) is 22.1 Å². The molecule has 0 saturated carbocycles. The van der Waals surface area contributed by atoms with E-state index >= 15 is 0 Å². The molecular weight excluding hydrogens is 288 g/mol. The second-order valence-corrected chi connectivity index (χ2v) is 4.58. The topological polar surface area (TPSA) is 62.2 Å². The Kier molecular flexibility index (Phi) is 5.33. The number of rotatable bonds is 3. The first-order chi connectivity index (χ1) is 10.2. The first-order valence-electron chi connectivity index (χ1n) is 6.33. The van der Waals surface area contributed by atoms with Gasteiger partial charge in [0.15, 0.2) is 0 Å². The Hall–Kier alpha value is -2.35. The summed E-state index contributed by atoms with van der Waals surface area (Å²) in [6, 6.07) is 11.8. The van der Waals surface area contributed by atoms with E-state index in [4.69, 9.17) is 16.7 Å². The van der Waals surface area contributed by atoms with Gasteiger partial charge in [-0.2, -0.15) is 0 Å². The summed E-state index contributed by atoms with van der Waals surface area (Å²) in [5.74, 6) is 5.72. The van der Waals surface area contributed by atoms with Crippen molar-refractivity contribution in [2.45, 2.75) is 6.42 Å². The van der Waals surface area contributed by atoms with Crippen molar-refractivity contribution in [3.05, 3.63) is 58.7 Å². The molecule has 1 aromatic heterocycles. The molecule has 2 rings (SSSR count). The molecule has 0 aliphatic heterocycles. The summed E-state index contributed by atoms with van der Waals surface area (Å²) in [6.07, 6.45) is 0.390. The number of aliphatic hydroxyl groups excluding tert-OH is 1. The van der Waals surface area contributed by atoms with Crippen molar-refractivity contribution in [1.82, 2.24) is 4.98 Å². The predicted octanol–water partition coefficient (Wildman–Crippen LogP) is 2.72. The molecule has 0 aliphatic carbocycles. The van der Waals surface area contributed by atoms with Gasteiger partial charge in [0, 0.05) is 17.0 Å². The number of aromatic nitrogens is 1. The van der Waals surface area contributed by atoms with Gasteiger partial charge in [0.2, 0.25) is 0 Å². The summed E-state index contributed by atoms with van der Waals surface area (Å²) >= 11 is 5.85. The number of carbonyl (C=O) groups is 1. The molecule has 0 radical (unpaired) electrons. The van der Waals surface area contributed by atoms with Gasteiger partial charge in [0.25, 0.3) is 5.91 Å². The molecule has 0 fully saturated rings. The average Bonchev–Trinajstić information content (AvgIpc) is 2.48. The zero-order valence-corrected chi connectivity index (χ0v) is 11.9. The number of amides is 1. The number of carbonyl (C=O) groups excluding carboxylic acids is 1. The van der Waals surface area contributed by atoms with Gasteiger partial charge in [0.05, 0.1) is 6.61 Å². The van der Waals surface area contributed by atoms with E-state index in [-0.39, 0.29) is 12.5 Å². The monoisotopic (exact) mass is 300 g/mol. The molecule has 21 heavy (non-hydrogen) atoms. The van der Waals surface area contributed by atoms with Gasteiger partial charge in [-0.25, -0.2) is 4.98 Å². The van der Waals surface area contributed by atoms with Gasteiger partial charge in [-0.15, -0.1) is 0 Å². The van der Waals surface area contributed by atoms with Crippen LogP contribution in [0, 0.1) is 11.8 Å². The second kappa shape index (κ2) is 7.44. The number of hydrogen-bond donors (Lipinski definition) is 2. The lowest BCUT2D eigenvalue weighted by Gasteiger charge is -2.05. The van der Waals surface area contributed by atoms with Crippen molar-refractivity contribution in [3.63, 3.8) is 0 Å². The van der Waals surface area contributed by atoms with Crippen molar-refractivity contribution in [2.75, 3.05) is 11.9 Å². The summed E-state index contributed by atoms with van der Waals surface area (Å²) in [7, 11) is 0. The van der Waals surface area contributed by atoms with Gasteiger partial charge in [-0.1, -0.05) is 29.7 Å². The Morgan fingerprint density at radius 1 is 1.29 bits per heavy atom. The van der Waals surface area contributed by atoms with Crippen LogP contribution in [-0.4, -0.2) is 22.6 Å². The van der Waals surface area contributed by atoms with Crippen LogP contribution in [0.15, 0.2) is 42.5 Å². The first kappa shape index (κ1) is 15.0. The highest BCUT2D eigenvalue weighted by Gasteiger charge is 2.07. The van der Waals surface area contributed by atoms with Crippen molar-refractivity contribution >= 4 is 23.3 Å². The van der Waals surface area contributed by atoms with E-state index in [1.807, 2.05) is 0 Å². The molecule has 0 atom stereocenters. The van der Waals surface area contributed by atoms with Crippen LogP contribution < -0.4 is 5.32 Å². The van der Waals surface area contributed by atoms with Crippen LogP contribution >= 0.6 is 11.6 Å². The minimum absolute atomic E-state index is 0.0121. The number of aliphatic hydroxyl groups is 1. The number of benzene rings is 1. The maximum absolute atomic E-state index is 12.1. The summed E-state index contributed by atoms with van der Waals surface area (Å²) in [6.45, 7) is 0.0121. The van der Waals surface area contributed by atoms with E-state index in [1.165, 1.54) is 0 Å². The zero-order chi connectivity index (χ0) is 15.1. The quantitative estimate of drug-likeness (QED) is 0.857. The molecule has 0 unspecified atom stereocenters. The van der Waals surface area contributed by atoms with Gasteiger partial charge >= 0.3 is 0 Å². The molecule has 1 heterocycles. The van der Waals surface area contributed by atoms with Crippen molar-refractivity contribution < 1.29 is 9.90 Å². The third-order valence-electron chi connectivity index (χ3n) is 2.53. The van der Waals surface area contributed by atoms with Crippen molar-refractivity contribution in [2.24, 2.45) is 0 Å². The Morgan fingerprint density at radius 2 is 2.10 bits per heavy atom. The van der Waals surface area contributed by atoms with E-state index in [1.54, 1.807) is 42.5 Å². The lowest BCUT2D eigenvalue weighted by molar-refractivity contribution is 0.102. The fraction of sp³-hybridized carbons (Fsp3) is 0.125. The number of nitrogens with one attached hydrogen (secondary N) is 1. The van der Waals surface area contributed by atoms with Gasteiger partial charge in [-0.05, 0) is 36.3 Å². The molecule has 5 heteroatoms. The van der Waals surface area contributed by atoms with Crippen LogP contribution in [-0.2, 0) is 0 Å². The Bertz CT molecular complexity index is 705. The maximum Gasteiger partial charge on any atom is 0.256 e. The standard InChI is InChI=1S/C16H13ClN2O2/c17-13-6-3-5-12(11-13)16(21)19-15-9-4-8-14(18-15)7-1-2-10-20/h3-6,8-9,11,20H,2,10H2,(H,18,19,21). The van der Waals surface area contributed by atoms with Crippen LogP contribution in [0.2, 0.25) is 5.02 Å². The van der Waals surface area contributed by atoms with Gasteiger partial charge in [-0.3, -0.25) is 4.79 Å². The largest absolute Gasteiger partial charge is 0.395 e. The average molecular weight is 301 g/mol. The van der Waals surface area contributed by atoms with E-state index in [0.717, 1.165) is 0 Å². The van der Waals surface area contributed by atoms with Crippen LogP contribution in [0.1, 0.15) is 22.5 Å². The number of nitrogens with zero attached hydrogens (tertiary/aromatic N) is 1. The molecule has 0 spiro atoms. The molecule has 1 aromatic carbocycles. The molecule has 106 valence electrons. The second-order valence-electron chi connectivity index (χ2n) is 4.15. The molecule has 0 saturated heterocycles. The molecule has 2 aromatic rings. The number of halogens is 1. The summed E-state index contributed by atoms with van der Waals surface area (Å²) < 4.78 is 0. The third kappa shape index (κ3) is 4.60. The summed E-state index contributed by atoms with van der Waals surface area (Å²) in [5, 5.41) is 11.9. The van der Waals surface area contributed by atoms with Crippen molar-refractivity contribution in [1.29, 1.82) is 0 Å². The number of anilines is 1. The molecule has 2 N–H and O–H groups in total. The molecular formula is C16H13ClN2O2. The van der Waals surface area contributed by atoms with Crippen LogP contribution in [0.5, 0.6) is 0 Å². The lowest BCUT2D eigenvalue weighted by atomic mass is 10.2. The smallest absolute Gasteiger partial charge is 0.256 e. The normalized spacial score (nSPS) is 9.62. The highest BCUT2D eigenvalue weighted by molar-refractivity contribution is 6.31. The van der Waals surface area contributed by atoms with E-state index < -0.39 is 0 Å². The SMILES string of the molecule is O=C(Nc1cccc(C#CCCO)n1)c1cccc(Cl)c1. The highest BCUT2D eigenvalue weighted by atomic mass is 35.5. The predicted molar refractivity (Wildman–Crippen MR) is 82.2 cm³/mol. The van der Waals surface area contributed by atoms with Gasteiger partial charge in [0.1, 0.15) is 11.5 Å². The minimum Gasteiger partial charge on any atom is -0.395 e. The number of hydrogen-bond acceptors (Lipinski definition) is 3. The van der Waals surface area contributed by atoms with Gasteiger partial charge < -0.3 is 10.4 Å². The van der Waals surface area contributed by atoms with E-state index in [9.17, 15) is 4.79 Å². The van der Waals surface area contributed by atoms with E-state index in [0.29, 0.717) is 28.5 Å². The maximum atomic E-state index is 12.1. The fourth-order valence-corrected chi connectivity index (χ4v) is 1.79. The molecule has 0 bridgehead atoms. The lowest BCUT2D eigenvalue weighted by Crippen LogP contribution is -2.13. The van der Waals surface area contributed by atoms with Crippen LogP contribution in [0.3, 0.4) is 0 Å². The molecule has 0 aliphatic rings. The third-order valence-corrected chi connectivity index (χ3v) is 2.77. The van der Waals surface area contributed by atoms with Crippen LogP contribution in [0.25, 0.3) is 0 Å². The zero-order valence-electron chi connectivity index (χ0n) is 11.1. The summed E-state index contributed by atoms with van der Waals surface area (Å²) in [4.78, 5) is 16.3. The summed E-state index contributed by atoms with van der Waals surface area (Å²) in [5.41, 5.74) is 0.994. The molecule has 4 nitrogen and oxygen atoms in total. The number of pyridine rings is 1. The first-order valence-corrected chi connectivity index (χ1v) is 6.70. The minimum atomic E-state index is -0.287.